The molecule has 0 aliphatic carbocycles. The summed E-state index contributed by atoms with van der Waals surface area (Å²) in [4.78, 5) is 0. The van der Waals surface area contributed by atoms with Crippen molar-refractivity contribution >= 4 is 11.4 Å². The zero-order chi connectivity index (χ0) is 17.0. The van der Waals surface area contributed by atoms with Crippen molar-refractivity contribution < 1.29 is 14.6 Å². The molecule has 0 atom stereocenters. The number of benzene rings is 2. The number of nitrogens with one attached hydrogen (secondary N) is 1. The second kappa shape index (κ2) is 7.38. The fourth-order valence-corrected chi connectivity index (χ4v) is 2.61. The van der Waals surface area contributed by atoms with Crippen LogP contribution in [-0.2, 0) is 4.74 Å². The van der Waals surface area contributed by atoms with Gasteiger partial charge in [-0.2, -0.15) is 0 Å². The van der Waals surface area contributed by atoms with Crippen LogP contribution in [0.3, 0.4) is 0 Å². The minimum atomic E-state index is 0.239. The SMILES string of the molecule is COCOc1ccc(Nc2c(C)cc(O)cc2C)cc1C(C)C. The molecule has 0 aliphatic rings. The van der Waals surface area contributed by atoms with Crippen molar-refractivity contribution in [2.24, 2.45) is 0 Å². The third-order valence-corrected chi connectivity index (χ3v) is 3.75. The lowest BCUT2D eigenvalue weighted by atomic mass is 10.0. The summed E-state index contributed by atoms with van der Waals surface area (Å²) in [5.41, 5.74) is 5.15. The molecule has 2 aromatic carbocycles. The van der Waals surface area contributed by atoms with Crippen LogP contribution < -0.4 is 10.1 Å². The standard InChI is InChI=1S/C19H25NO3/c1-12(2)17-10-15(6-7-18(17)23-11-22-5)20-19-13(3)8-16(21)9-14(19)4/h6-10,12,20-21H,11H2,1-5H3. The first kappa shape index (κ1) is 17.2. The smallest absolute Gasteiger partial charge is 0.188 e. The number of hydrogen-bond donors (Lipinski definition) is 2. The maximum absolute atomic E-state index is 9.66. The number of phenols is 1. The van der Waals surface area contributed by atoms with Crippen LogP contribution >= 0.6 is 0 Å². The maximum atomic E-state index is 9.66. The summed E-state index contributed by atoms with van der Waals surface area (Å²) >= 11 is 0. The lowest BCUT2D eigenvalue weighted by Gasteiger charge is -2.18. The van der Waals surface area contributed by atoms with Gasteiger partial charge >= 0.3 is 0 Å². The van der Waals surface area contributed by atoms with Gasteiger partial charge in [-0.15, -0.1) is 0 Å². The molecule has 0 radical (unpaired) electrons. The second-order valence-electron chi connectivity index (χ2n) is 6.04. The average molecular weight is 315 g/mol. The van der Waals surface area contributed by atoms with Crippen molar-refractivity contribution in [2.75, 3.05) is 19.2 Å². The molecule has 0 saturated carbocycles. The van der Waals surface area contributed by atoms with Gasteiger partial charge in [-0.05, 0) is 66.8 Å². The molecule has 0 saturated heterocycles. The number of methoxy groups -OCH3 is 1. The summed E-state index contributed by atoms with van der Waals surface area (Å²) in [6, 6.07) is 9.56. The van der Waals surface area contributed by atoms with Gasteiger partial charge in [-0.1, -0.05) is 13.8 Å². The first-order chi connectivity index (χ1) is 10.9. The highest BCUT2D eigenvalue weighted by Gasteiger charge is 2.11. The molecule has 2 rings (SSSR count). The van der Waals surface area contributed by atoms with Gasteiger partial charge in [0.1, 0.15) is 11.5 Å². The van der Waals surface area contributed by atoms with Crippen LogP contribution in [0.2, 0.25) is 0 Å². The quantitative estimate of drug-likeness (QED) is 0.590. The Balaban J connectivity index is 2.32. The molecule has 0 bridgehead atoms. The number of anilines is 2. The van der Waals surface area contributed by atoms with Crippen LogP contribution in [0.15, 0.2) is 30.3 Å². The molecule has 0 heterocycles. The zero-order valence-electron chi connectivity index (χ0n) is 14.4. The fraction of sp³-hybridized carbons (Fsp3) is 0.368. The van der Waals surface area contributed by atoms with E-state index in [9.17, 15) is 5.11 Å². The van der Waals surface area contributed by atoms with E-state index in [4.69, 9.17) is 9.47 Å². The minimum Gasteiger partial charge on any atom is -0.508 e. The number of hydrogen-bond acceptors (Lipinski definition) is 4. The lowest BCUT2D eigenvalue weighted by molar-refractivity contribution is 0.0503. The number of ether oxygens (including phenoxy) is 2. The summed E-state index contributed by atoms with van der Waals surface area (Å²) in [7, 11) is 1.61. The van der Waals surface area contributed by atoms with E-state index in [1.54, 1.807) is 19.2 Å². The molecule has 4 nitrogen and oxygen atoms in total. The van der Waals surface area contributed by atoms with Crippen molar-refractivity contribution in [3.05, 3.63) is 47.0 Å². The first-order valence-electron chi connectivity index (χ1n) is 7.75. The van der Waals surface area contributed by atoms with Gasteiger partial charge in [-0.25, -0.2) is 0 Å². The van der Waals surface area contributed by atoms with Gasteiger partial charge in [0.05, 0.1) is 0 Å². The molecular weight excluding hydrogens is 290 g/mol. The molecule has 0 amide bonds. The molecule has 0 fully saturated rings. The largest absolute Gasteiger partial charge is 0.508 e. The summed E-state index contributed by atoms with van der Waals surface area (Å²) in [6.45, 7) is 8.47. The van der Waals surface area contributed by atoms with Crippen LogP contribution in [-0.4, -0.2) is 19.0 Å². The van der Waals surface area contributed by atoms with E-state index in [1.807, 2.05) is 26.0 Å². The van der Waals surface area contributed by atoms with Crippen molar-refractivity contribution in [3.8, 4) is 11.5 Å². The van der Waals surface area contributed by atoms with E-state index in [0.717, 1.165) is 33.8 Å². The van der Waals surface area contributed by atoms with Gasteiger partial charge in [0, 0.05) is 18.5 Å². The Bertz CT molecular complexity index is 657. The first-order valence-corrected chi connectivity index (χ1v) is 7.75. The van der Waals surface area contributed by atoms with Gasteiger partial charge in [0.25, 0.3) is 0 Å². The van der Waals surface area contributed by atoms with Gasteiger partial charge in [0.2, 0.25) is 0 Å². The van der Waals surface area contributed by atoms with Crippen molar-refractivity contribution in [1.82, 2.24) is 0 Å². The molecule has 0 unspecified atom stereocenters. The van der Waals surface area contributed by atoms with Gasteiger partial charge in [-0.3, -0.25) is 0 Å². The maximum Gasteiger partial charge on any atom is 0.188 e. The summed E-state index contributed by atoms with van der Waals surface area (Å²) in [6.07, 6.45) is 0. The monoisotopic (exact) mass is 315 g/mol. The third kappa shape index (κ3) is 4.17. The predicted molar refractivity (Wildman–Crippen MR) is 93.9 cm³/mol. The van der Waals surface area contributed by atoms with Crippen molar-refractivity contribution in [2.45, 2.75) is 33.6 Å². The highest BCUT2D eigenvalue weighted by molar-refractivity contribution is 5.69. The molecule has 2 aromatic rings. The van der Waals surface area contributed by atoms with E-state index >= 15 is 0 Å². The Hall–Kier alpha value is -2.20. The summed E-state index contributed by atoms with van der Waals surface area (Å²) < 4.78 is 10.6. The van der Waals surface area contributed by atoms with Crippen LogP contribution in [0.4, 0.5) is 11.4 Å². The van der Waals surface area contributed by atoms with E-state index in [1.165, 1.54) is 0 Å². The molecule has 4 heteroatoms. The third-order valence-electron chi connectivity index (χ3n) is 3.75. The topological polar surface area (TPSA) is 50.7 Å². The normalized spacial score (nSPS) is 10.9. The lowest BCUT2D eigenvalue weighted by Crippen LogP contribution is -2.04. The molecule has 0 spiro atoms. The minimum absolute atomic E-state index is 0.239. The van der Waals surface area contributed by atoms with E-state index in [2.05, 4.69) is 25.2 Å². The molecule has 23 heavy (non-hydrogen) atoms. The Morgan fingerprint density at radius 2 is 1.74 bits per heavy atom. The number of aromatic hydroxyl groups is 1. The van der Waals surface area contributed by atoms with Crippen LogP contribution in [0.5, 0.6) is 11.5 Å². The number of aryl methyl sites for hydroxylation is 2. The predicted octanol–water partition coefficient (Wildman–Crippen LogP) is 4.86. The molecule has 124 valence electrons. The van der Waals surface area contributed by atoms with E-state index in [0.29, 0.717) is 5.92 Å². The second-order valence-corrected chi connectivity index (χ2v) is 6.04. The highest BCUT2D eigenvalue weighted by Crippen LogP contribution is 2.33. The van der Waals surface area contributed by atoms with Gasteiger partial charge in [0.15, 0.2) is 6.79 Å². The Morgan fingerprint density at radius 1 is 1.09 bits per heavy atom. The molecule has 0 aliphatic heterocycles. The van der Waals surface area contributed by atoms with E-state index < -0.39 is 0 Å². The summed E-state index contributed by atoms with van der Waals surface area (Å²) in [5.74, 6) is 1.47. The number of rotatable bonds is 6. The van der Waals surface area contributed by atoms with Crippen LogP contribution in [0, 0.1) is 13.8 Å². The Morgan fingerprint density at radius 3 is 2.30 bits per heavy atom. The highest BCUT2D eigenvalue weighted by atomic mass is 16.7. The molecule has 2 N–H and O–H groups in total. The summed E-state index contributed by atoms with van der Waals surface area (Å²) in [5, 5.41) is 13.1. The zero-order valence-corrected chi connectivity index (χ0v) is 14.4. The van der Waals surface area contributed by atoms with E-state index in [-0.39, 0.29) is 12.5 Å². The molecular formula is C19H25NO3. The van der Waals surface area contributed by atoms with Crippen LogP contribution in [0.1, 0.15) is 36.5 Å². The average Bonchev–Trinajstić information content (AvgIpc) is 2.49. The van der Waals surface area contributed by atoms with Crippen molar-refractivity contribution in [1.29, 1.82) is 0 Å². The van der Waals surface area contributed by atoms with Crippen molar-refractivity contribution in [3.63, 3.8) is 0 Å². The fourth-order valence-electron chi connectivity index (χ4n) is 2.61. The van der Waals surface area contributed by atoms with Gasteiger partial charge < -0.3 is 19.9 Å². The van der Waals surface area contributed by atoms with Crippen LogP contribution in [0.25, 0.3) is 0 Å². The Kier molecular flexibility index (Phi) is 5.50. The number of phenolic OH excluding ortho intramolecular Hbond substituents is 1. The molecule has 0 aromatic heterocycles. The Labute approximate surface area is 138 Å².